The van der Waals surface area contributed by atoms with Gasteiger partial charge in [0.1, 0.15) is 11.0 Å². The molecular formula is C26H30N8O2. The fourth-order valence-electron chi connectivity index (χ4n) is 4.91. The molecule has 1 aromatic carbocycles. The smallest absolute Gasteiger partial charge is 0.278 e. The molecule has 6 rings (SSSR count). The third kappa shape index (κ3) is 3.86. The highest BCUT2D eigenvalue weighted by molar-refractivity contribution is 5.77. The van der Waals surface area contributed by atoms with Gasteiger partial charge < -0.3 is 15.7 Å². The molecule has 0 radical (unpaired) electrons. The lowest BCUT2D eigenvalue weighted by atomic mass is 9.85. The molecule has 0 bridgehead atoms. The fraction of sp³-hybridized carbons (Fsp3) is 0.423. The highest BCUT2D eigenvalue weighted by atomic mass is 16.3. The number of benzene rings is 1. The number of fused-ring (bicyclic) bond motifs is 2. The minimum Gasteiger partial charge on any atom is -0.382 e. The Morgan fingerprint density at radius 3 is 2.72 bits per heavy atom. The second-order valence-corrected chi connectivity index (χ2v) is 10.7. The average Bonchev–Trinajstić information content (AvgIpc) is 3.62. The normalized spacial score (nSPS) is 17.2. The molecule has 10 heteroatoms. The van der Waals surface area contributed by atoms with Crippen LogP contribution in [0.15, 0.2) is 41.5 Å². The van der Waals surface area contributed by atoms with Gasteiger partial charge in [0.2, 0.25) is 5.95 Å². The van der Waals surface area contributed by atoms with Crippen LogP contribution in [0.5, 0.6) is 0 Å². The molecule has 10 nitrogen and oxygen atoms in total. The van der Waals surface area contributed by atoms with Crippen molar-refractivity contribution in [3.05, 3.63) is 64.0 Å². The van der Waals surface area contributed by atoms with Crippen LogP contribution in [0.4, 0.5) is 11.6 Å². The number of aliphatic hydroxyl groups is 1. The van der Waals surface area contributed by atoms with Gasteiger partial charge in [0.15, 0.2) is 17.3 Å². The number of rotatable bonds is 5. The van der Waals surface area contributed by atoms with E-state index in [0.717, 1.165) is 31.5 Å². The highest BCUT2D eigenvalue weighted by Crippen LogP contribution is 2.36. The first-order valence-electron chi connectivity index (χ1n) is 12.3. The monoisotopic (exact) mass is 486 g/mol. The van der Waals surface area contributed by atoms with Gasteiger partial charge in [-0.05, 0) is 76.8 Å². The minimum absolute atomic E-state index is 0.0666. The van der Waals surface area contributed by atoms with Gasteiger partial charge in [-0.15, -0.1) is 0 Å². The van der Waals surface area contributed by atoms with Gasteiger partial charge in [-0.2, -0.15) is 4.98 Å². The van der Waals surface area contributed by atoms with E-state index in [2.05, 4.69) is 51.6 Å². The Hall–Kier alpha value is -3.63. The van der Waals surface area contributed by atoms with Crippen molar-refractivity contribution in [2.45, 2.75) is 64.1 Å². The number of anilines is 2. The van der Waals surface area contributed by atoms with Crippen LogP contribution in [0, 0.1) is 0 Å². The van der Waals surface area contributed by atoms with Gasteiger partial charge in [-0.1, -0.05) is 6.07 Å². The molecule has 0 unspecified atom stereocenters. The Labute approximate surface area is 208 Å². The zero-order chi connectivity index (χ0) is 25.2. The molecule has 2 aliphatic rings. The molecule has 1 saturated carbocycles. The maximum Gasteiger partial charge on any atom is 0.278 e. The van der Waals surface area contributed by atoms with Gasteiger partial charge in [-0.3, -0.25) is 4.79 Å². The summed E-state index contributed by atoms with van der Waals surface area (Å²) in [7, 11) is 0. The number of hydrogen-bond acceptors (Lipinski definition) is 8. The first-order chi connectivity index (χ1) is 17.1. The number of nitrogens with zero attached hydrogens (tertiary/aromatic N) is 6. The molecular weight excluding hydrogens is 456 g/mol. The second kappa shape index (κ2) is 7.94. The summed E-state index contributed by atoms with van der Waals surface area (Å²) in [6.07, 6.45) is 5.95. The van der Waals surface area contributed by atoms with Crippen molar-refractivity contribution < 1.29 is 5.11 Å². The Bertz CT molecular complexity index is 1540. The standard InChI is InChI=1S/C26H30N8O2/c1-25(2)19-8-5-16(13-15(19)9-12-29-25)30-24-28-14-18-21(32-24)34(33(22(18)35)17-6-7-17)20-10-11-27-23(31-20)26(3,4)36/h5,8,10-11,13-14,17,29,36H,6-7,9,12H2,1-4H3,(H,28,30,32). The zero-order valence-corrected chi connectivity index (χ0v) is 20.9. The largest absolute Gasteiger partial charge is 0.382 e. The number of aromatic nitrogens is 6. The predicted molar refractivity (Wildman–Crippen MR) is 137 cm³/mol. The molecule has 0 amide bonds. The van der Waals surface area contributed by atoms with E-state index in [1.54, 1.807) is 41.7 Å². The van der Waals surface area contributed by atoms with Crippen molar-refractivity contribution in [3.8, 4) is 5.82 Å². The van der Waals surface area contributed by atoms with Crippen LogP contribution in [0.2, 0.25) is 0 Å². The van der Waals surface area contributed by atoms with E-state index >= 15 is 0 Å². The predicted octanol–water partition coefficient (Wildman–Crippen LogP) is 3.06. The quantitative estimate of drug-likeness (QED) is 0.393. The topological polar surface area (TPSA) is 123 Å². The van der Waals surface area contributed by atoms with Crippen molar-refractivity contribution >= 4 is 22.7 Å². The van der Waals surface area contributed by atoms with Crippen LogP contribution < -0.4 is 16.2 Å². The summed E-state index contributed by atoms with van der Waals surface area (Å²) < 4.78 is 3.44. The summed E-state index contributed by atoms with van der Waals surface area (Å²) in [4.78, 5) is 31.3. The summed E-state index contributed by atoms with van der Waals surface area (Å²) in [6.45, 7) is 8.57. The van der Waals surface area contributed by atoms with Gasteiger partial charge in [0, 0.05) is 29.7 Å². The highest BCUT2D eigenvalue weighted by Gasteiger charge is 2.32. The van der Waals surface area contributed by atoms with Crippen molar-refractivity contribution in [1.82, 2.24) is 34.6 Å². The van der Waals surface area contributed by atoms with E-state index in [1.165, 1.54) is 11.1 Å². The SMILES string of the molecule is CC(C)(O)c1nccc(-n2c3nc(Nc4ccc5c(c4)CCNC5(C)C)ncc3c(=O)n2C2CC2)n1. The molecule has 0 atom stereocenters. The summed E-state index contributed by atoms with van der Waals surface area (Å²) in [5.74, 6) is 1.15. The Morgan fingerprint density at radius 2 is 1.97 bits per heavy atom. The van der Waals surface area contributed by atoms with Gasteiger partial charge in [-0.25, -0.2) is 24.3 Å². The van der Waals surface area contributed by atoms with E-state index in [4.69, 9.17) is 4.98 Å². The van der Waals surface area contributed by atoms with Crippen LogP contribution in [-0.4, -0.2) is 41.0 Å². The summed E-state index contributed by atoms with van der Waals surface area (Å²) in [5, 5.41) is 17.8. The lowest BCUT2D eigenvalue weighted by molar-refractivity contribution is 0.0686. The Morgan fingerprint density at radius 1 is 1.17 bits per heavy atom. The van der Waals surface area contributed by atoms with Crippen molar-refractivity contribution in [2.24, 2.45) is 0 Å². The van der Waals surface area contributed by atoms with Crippen molar-refractivity contribution in [3.63, 3.8) is 0 Å². The van der Waals surface area contributed by atoms with Crippen LogP contribution in [0.3, 0.4) is 0 Å². The second-order valence-electron chi connectivity index (χ2n) is 10.7. The molecule has 0 spiro atoms. The molecule has 3 aromatic heterocycles. The van der Waals surface area contributed by atoms with E-state index in [9.17, 15) is 9.90 Å². The summed E-state index contributed by atoms with van der Waals surface area (Å²) in [6, 6.07) is 8.13. The third-order valence-electron chi connectivity index (χ3n) is 6.92. The molecule has 1 aliphatic heterocycles. The van der Waals surface area contributed by atoms with E-state index in [1.807, 2.05) is 6.07 Å². The molecule has 1 fully saturated rings. The van der Waals surface area contributed by atoms with Crippen molar-refractivity contribution in [2.75, 3.05) is 11.9 Å². The Balaban J connectivity index is 1.45. The maximum absolute atomic E-state index is 13.3. The van der Waals surface area contributed by atoms with Crippen LogP contribution in [0.25, 0.3) is 16.9 Å². The van der Waals surface area contributed by atoms with Gasteiger partial charge in [0.05, 0.1) is 6.04 Å². The van der Waals surface area contributed by atoms with E-state index in [-0.39, 0.29) is 23.0 Å². The third-order valence-corrected chi connectivity index (χ3v) is 6.92. The molecule has 1 aliphatic carbocycles. The number of hydrogen-bond donors (Lipinski definition) is 3. The molecule has 186 valence electrons. The van der Waals surface area contributed by atoms with Gasteiger partial charge in [0.25, 0.3) is 5.56 Å². The first-order valence-corrected chi connectivity index (χ1v) is 12.3. The lowest BCUT2D eigenvalue weighted by Gasteiger charge is -2.34. The molecule has 3 N–H and O–H groups in total. The minimum atomic E-state index is -1.22. The maximum atomic E-state index is 13.3. The molecule has 0 saturated heterocycles. The average molecular weight is 487 g/mol. The Kier molecular flexibility index (Phi) is 5.03. The fourth-order valence-corrected chi connectivity index (χ4v) is 4.91. The summed E-state index contributed by atoms with van der Waals surface area (Å²) in [5.41, 5.74) is 2.51. The van der Waals surface area contributed by atoms with E-state index in [0.29, 0.717) is 22.8 Å². The summed E-state index contributed by atoms with van der Waals surface area (Å²) >= 11 is 0. The zero-order valence-electron chi connectivity index (χ0n) is 20.9. The van der Waals surface area contributed by atoms with Crippen molar-refractivity contribution in [1.29, 1.82) is 0 Å². The first kappa shape index (κ1) is 22.8. The van der Waals surface area contributed by atoms with Crippen LogP contribution in [0.1, 0.15) is 63.5 Å². The molecule has 4 heterocycles. The number of nitrogens with one attached hydrogen (secondary N) is 2. The van der Waals surface area contributed by atoms with Crippen LogP contribution >= 0.6 is 0 Å². The molecule has 36 heavy (non-hydrogen) atoms. The van der Waals surface area contributed by atoms with E-state index < -0.39 is 5.60 Å². The van der Waals surface area contributed by atoms with Crippen LogP contribution in [-0.2, 0) is 17.6 Å². The van der Waals surface area contributed by atoms with Gasteiger partial charge >= 0.3 is 0 Å². The molecule has 4 aromatic rings. The lowest BCUT2D eigenvalue weighted by Crippen LogP contribution is -2.42.